The van der Waals surface area contributed by atoms with Crippen LogP contribution in [0, 0.1) is 0 Å². The summed E-state index contributed by atoms with van der Waals surface area (Å²) in [5.74, 6) is 0.413. The highest BCUT2D eigenvalue weighted by molar-refractivity contribution is 5.59. The molecule has 0 fully saturated rings. The summed E-state index contributed by atoms with van der Waals surface area (Å²) in [7, 11) is 0. The number of rotatable bonds is 3. The number of H-pyrrole nitrogens is 1. The van der Waals surface area contributed by atoms with Crippen LogP contribution in [0.15, 0.2) is 24.5 Å². The van der Waals surface area contributed by atoms with Crippen LogP contribution in [0.3, 0.4) is 0 Å². The summed E-state index contributed by atoms with van der Waals surface area (Å²) in [5, 5.41) is 6.15. The molecule has 102 valence electrons. The fourth-order valence-electron chi connectivity index (χ4n) is 1.58. The van der Waals surface area contributed by atoms with Gasteiger partial charge in [-0.05, 0) is 32.0 Å². The highest BCUT2D eigenvalue weighted by atomic mass is 19.4. The number of alkyl halides is 3. The van der Waals surface area contributed by atoms with Crippen molar-refractivity contribution < 1.29 is 17.9 Å². The van der Waals surface area contributed by atoms with Crippen molar-refractivity contribution in [3.8, 4) is 17.1 Å². The highest BCUT2D eigenvalue weighted by Crippen LogP contribution is 2.35. The topological polar surface area (TPSA) is 50.8 Å². The molecule has 0 amide bonds. The SMILES string of the molecule is CC(C)Oc1cc(-c2ncn[nH]2)cc(C(F)(F)F)c1. The lowest BCUT2D eigenvalue weighted by atomic mass is 10.1. The van der Waals surface area contributed by atoms with Crippen molar-refractivity contribution >= 4 is 0 Å². The van der Waals surface area contributed by atoms with Crippen LogP contribution < -0.4 is 4.74 Å². The lowest BCUT2D eigenvalue weighted by molar-refractivity contribution is -0.137. The average Bonchev–Trinajstić information content (AvgIpc) is 2.79. The first kappa shape index (κ1) is 13.4. The van der Waals surface area contributed by atoms with Crippen LogP contribution in [0.2, 0.25) is 0 Å². The van der Waals surface area contributed by atoms with E-state index in [1.165, 1.54) is 12.4 Å². The second-order valence-electron chi connectivity index (χ2n) is 4.24. The number of nitrogens with one attached hydrogen (secondary N) is 1. The molecule has 1 heterocycles. The summed E-state index contributed by atoms with van der Waals surface area (Å²) in [6.45, 7) is 3.49. The molecule has 0 aliphatic carbocycles. The van der Waals surface area contributed by atoms with Gasteiger partial charge in [0.15, 0.2) is 5.82 Å². The Hall–Kier alpha value is -2.05. The largest absolute Gasteiger partial charge is 0.491 e. The molecule has 0 radical (unpaired) electrons. The van der Waals surface area contributed by atoms with Crippen molar-refractivity contribution in [1.82, 2.24) is 15.2 Å². The molecule has 1 N–H and O–H groups in total. The molecular formula is C12H12F3N3O. The Bertz CT molecular complexity index is 550. The number of nitrogens with zero attached hydrogens (tertiary/aromatic N) is 2. The molecule has 7 heteroatoms. The van der Waals surface area contributed by atoms with Gasteiger partial charge in [-0.25, -0.2) is 4.98 Å². The molecular weight excluding hydrogens is 259 g/mol. The van der Waals surface area contributed by atoms with E-state index in [9.17, 15) is 13.2 Å². The average molecular weight is 271 g/mol. The number of aromatic amines is 1. The zero-order chi connectivity index (χ0) is 14.0. The molecule has 4 nitrogen and oxygen atoms in total. The third-order valence-electron chi connectivity index (χ3n) is 2.29. The quantitative estimate of drug-likeness (QED) is 0.932. The Morgan fingerprint density at radius 2 is 1.95 bits per heavy atom. The fraction of sp³-hybridized carbons (Fsp3) is 0.333. The molecule has 2 aromatic rings. The van der Waals surface area contributed by atoms with Gasteiger partial charge in [-0.3, -0.25) is 5.10 Å². The molecule has 0 atom stereocenters. The van der Waals surface area contributed by atoms with Crippen LogP contribution >= 0.6 is 0 Å². The van der Waals surface area contributed by atoms with Crippen molar-refractivity contribution in [3.05, 3.63) is 30.1 Å². The standard InChI is InChI=1S/C12H12F3N3O/c1-7(2)19-10-4-8(11-16-6-17-18-11)3-9(5-10)12(13,14)15/h3-7H,1-2H3,(H,16,17,18). The maximum atomic E-state index is 12.8. The number of halogens is 3. The van der Waals surface area contributed by atoms with Crippen LogP contribution in [-0.2, 0) is 6.18 Å². The Morgan fingerprint density at radius 1 is 1.21 bits per heavy atom. The van der Waals surface area contributed by atoms with Gasteiger partial charge in [0.05, 0.1) is 11.7 Å². The molecule has 0 saturated carbocycles. The van der Waals surface area contributed by atoms with Crippen LogP contribution in [0.5, 0.6) is 5.75 Å². The summed E-state index contributed by atoms with van der Waals surface area (Å²) in [6.07, 6.45) is -3.42. The molecule has 2 rings (SSSR count). The summed E-state index contributed by atoms with van der Waals surface area (Å²) < 4.78 is 43.8. The molecule has 0 unspecified atom stereocenters. The maximum Gasteiger partial charge on any atom is 0.416 e. The zero-order valence-electron chi connectivity index (χ0n) is 10.3. The molecule has 0 aliphatic rings. The molecule has 0 bridgehead atoms. The van der Waals surface area contributed by atoms with E-state index < -0.39 is 11.7 Å². The fourth-order valence-corrected chi connectivity index (χ4v) is 1.58. The number of benzene rings is 1. The smallest absolute Gasteiger partial charge is 0.416 e. The van der Waals surface area contributed by atoms with Crippen molar-refractivity contribution in [2.24, 2.45) is 0 Å². The lowest BCUT2D eigenvalue weighted by Crippen LogP contribution is -2.09. The first-order chi connectivity index (χ1) is 8.86. The van der Waals surface area contributed by atoms with Crippen LogP contribution in [-0.4, -0.2) is 21.3 Å². The Balaban J connectivity index is 2.49. The van der Waals surface area contributed by atoms with E-state index in [2.05, 4.69) is 15.2 Å². The minimum absolute atomic E-state index is 0.149. The van der Waals surface area contributed by atoms with Gasteiger partial charge in [-0.15, -0.1) is 0 Å². The van der Waals surface area contributed by atoms with Crippen molar-refractivity contribution in [3.63, 3.8) is 0 Å². The molecule has 1 aromatic carbocycles. The van der Waals surface area contributed by atoms with Gasteiger partial charge in [0, 0.05) is 5.56 Å². The Morgan fingerprint density at radius 3 is 2.47 bits per heavy atom. The van der Waals surface area contributed by atoms with E-state index in [0.29, 0.717) is 0 Å². The second kappa shape index (κ2) is 4.91. The van der Waals surface area contributed by atoms with Crippen molar-refractivity contribution in [2.45, 2.75) is 26.1 Å². The number of ether oxygens (including phenoxy) is 1. The number of hydrogen-bond donors (Lipinski definition) is 1. The van der Waals surface area contributed by atoms with E-state index >= 15 is 0 Å². The summed E-state index contributed by atoms with van der Waals surface area (Å²) >= 11 is 0. The predicted octanol–water partition coefficient (Wildman–Crippen LogP) is 3.28. The molecule has 0 aliphatic heterocycles. The predicted molar refractivity (Wildman–Crippen MR) is 62.6 cm³/mol. The molecule has 0 saturated heterocycles. The minimum atomic E-state index is -4.44. The van der Waals surface area contributed by atoms with Crippen LogP contribution in [0.4, 0.5) is 13.2 Å². The van der Waals surface area contributed by atoms with Gasteiger partial charge in [0.2, 0.25) is 0 Å². The van der Waals surface area contributed by atoms with Gasteiger partial charge in [-0.2, -0.15) is 18.3 Å². The summed E-state index contributed by atoms with van der Waals surface area (Å²) in [5.41, 5.74) is -0.500. The summed E-state index contributed by atoms with van der Waals surface area (Å²) in [6, 6.07) is 3.48. The maximum absolute atomic E-state index is 12.8. The van der Waals surface area contributed by atoms with Gasteiger partial charge in [0.25, 0.3) is 0 Å². The first-order valence-electron chi connectivity index (χ1n) is 5.61. The third-order valence-corrected chi connectivity index (χ3v) is 2.29. The molecule has 0 spiro atoms. The number of aromatic nitrogens is 3. The minimum Gasteiger partial charge on any atom is -0.491 e. The second-order valence-corrected chi connectivity index (χ2v) is 4.24. The van der Waals surface area contributed by atoms with E-state index in [1.54, 1.807) is 13.8 Å². The van der Waals surface area contributed by atoms with E-state index in [4.69, 9.17) is 4.74 Å². The van der Waals surface area contributed by atoms with Gasteiger partial charge in [0.1, 0.15) is 12.1 Å². The number of hydrogen-bond acceptors (Lipinski definition) is 3. The van der Waals surface area contributed by atoms with Crippen molar-refractivity contribution in [1.29, 1.82) is 0 Å². The summed E-state index contributed by atoms with van der Waals surface area (Å²) in [4.78, 5) is 3.84. The highest BCUT2D eigenvalue weighted by Gasteiger charge is 2.31. The lowest BCUT2D eigenvalue weighted by Gasteiger charge is -2.14. The molecule has 1 aromatic heterocycles. The van der Waals surface area contributed by atoms with E-state index in [1.807, 2.05) is 0 Å². The van der Waals surface area contributed by atoms with Gasteiger partial charge >= 0.3 is 6.18 Å². The first-order valence-corrected chi connectivity index (χ1v) is 5.61. The third kappa shape index (κ3) is 3.24. The van der Waals surface area contributed by atoms with Gasteiger partial charge < -0.3 is 4.74 Å². The molecule has 19 heavy (non-hydrogen) atoms. The normalized spacial score (nSPS) is 11.9. The van der Waals surface area contributed by atoms with E-state index in [-0.39, 0.29) is 23.2 Å². The van der Waals surface area contributed by atoms with Crippen molar-refractivity contribution in [2.75, 3.05) is 0 Å². The van der Waals surface area contributed by atoms with Gasteiger partial charge in [-0.1, -0.05) is 0 Å². The monoisotopic (exact) mass is 271 g/mol. The van der Waals surface area contributed by atoms with Crippen LogP contribution in [0.1, 0.15) is 19.4 Å². The zero-order valence-corrected chi connectivity index (χ0v) is 10.3. The Kier molecular flexibility index (Phi) is 3.46. The van der Waals surface area contributed by atoms with Crippen LogP contribution in [0.25, 0.3) is 11.4 Å². The van der Waals surface area contributed by atoms with E-state index in [0.717, 1.165) is 12.1 Å². The Labute approximate surface area is 107 Å².